The Morgan fingerprint density at radius 2 is 1.86 bits per heavy atom. The Labute approximate surface area is 167 Å². The van der Waals surface area contributed by atoms with Gasteiger partial charge in [0.1, 0.15) is 0 Å². The van der Waals surface area contributed by atoms with Crippen molar-refractivity contribution in [2.75, 3.05) is 6.54 Å². The molecule has 0 fully saturated rings. The molecule has 2 aromatic carbocycles. The van der Waals surface area contributed by atoms with Crippen molar-refractivity contribution in [1.82, 2.24) is 4.31 Å². The van der Waals surface area contributed by atoms with E-state index in [0.29, 0.717) is 6.61 Å². The van der Waals surface area contributed by atoms with E-state index in [9.17, 15) is 8.42 Å². The first-order valence-electron chi connectivity index (χ1n) is 9.36. The maximum Gasteiger partial charge on any atom is 0.244 e. The molecular formula is C23H25NO3S. The van der Waals surface area contributed by atoms with E-state index in [4.69, 9.17) is 11.2 Å². The molecule has 1 aliphatic carbocycles. The Bertz CT molecular complexity index is 944. The van der Waals surface area contributed by atoms with Gasteiger partial charge in [-0.1, -0.05) is 66.1 Å². The molecule has 0 amide bonds. The van der Waals surface area contributed by atoms with Crippen LogP contribution in [0.1, 0.15) is 24.0 Å². The molecule has 5 heteroatoms. The van der Waals surface area contributed by atoms with Gasteiger partial charge >= 0.3 is 0 Å². The third kappa shape index (κ3) is 4.71. The van der Waals surface area contributed by atoms with Crippen LogP contribution in [0, 0.1) is 19.3 Å². The van der Waals surface area contributed by atoms with Crippen LogP contribution in [0.2, 0.25) is 0 Å². The molecule has 2 atom stereocenters. The topological polar surface area (TPSA) is 46.6 Å². The van der Waals surface area contributed by atoms with E-state index < -0.39 is 16.1 Å². The molecule has 1 aliphatic rings. The SMILES string of the molecule is C#CCN([C@H]1C=CCC[C@@H]1OCc1ccccc1)S(=O)(=O)c1ccc(C)cc1. The first-order valence-corrected chi connectivity index (χ1v) is 10.8. The summed E-state index contributed by atoms with van der Waals surface area (Å²) in [6.45, 7) is 2.35. The highest BCUT2D eigenvalue weighted by Gasteiger charge is 2.36. The summed E-state index contributed by atoms with van der Waals surface area (Å²) in [6.07, 6.45) is 10.8. The summed E-state index contributed by atoms with van der Waals surface area (Å²) in [7, 11) is -3.74. The molecule has 0 saturated heterocycles. The zero-order chi connectivity index (χ0) is 20.0. The minimum absolute atomic E-state index is 0.00356. The van der Waals surface area contributed by atoms with Crippen molar-refractivity contribution in [3.05, 3.63) is 77.9 Å². The van der Waals surface area contributed by atoms with Gasteiger partial charge < -0.3 is 4.74 Å². The van der Waals surface area contributed by atoms with Gasteiger partial charge in [0.25, 0.3) is 0 Å². The van der Waals surface area contributed by atoms with Crippen molar-refractivity contribution >= 4 is 10.0 Å². The van der Waals surface area contributed by atoms with Crippen LogP contribution in [0.4, 0.5) is 0 Å². The Balaban J connectivity index is 1.85. The van der Waals surface area contributed by atoms with Crippen LogP contribution in [0.25, 0.3) is 0 Å². The molecule has 146 valence electrons. The number of hydrogen-bond acceptors (Lipinski definition) is 3. The number of ether oxygens (including phenoxy) is 1. The van der Waals surface area contributed by atoms with Crippen LogP contribution in [0.5, 0.6) is 0 Å². The predicted octanol–water partition coefficient (Wildman–Crippen LogP) is 3.92. The van der Waals surface area contributed by atoms with E-state index in [1.807, 2.05) is 49.4 Å². The van der Waals surface area contributed by atoms with Crippen LogP contribution >= 0.6 is 0 Å². The van der Waals surface area contributed by atoms with Crippen LogP contribution in [0.15, 0.2) is 71.6 Å². The lowest BCUT2D eigenvalue weighted by Gasteiger charge is -2.35. The molecule has 0 aliphatic heterocycles. The molecule has 28 heavy (non-hydrogen) atoms. The third-order valence-corrected chi connectivity index (χ3v) is 6.70. The van der Waals surface area contributed by atoms with Crippen molar-refractivity contribution in [2.45, 2.75) is 43.4 Å². The lowest BCUT2D eigenvalue weighted by molar-refractivity contribution is 0.00298. The summed E-state index contributed by atoms with van der Waals surface area (Å²) in [4.78, 5) is 0.245. The highest BCUT2D eigenvalue weighted by atomic mass is 32.2. The number of aryl methyl sites for hydroxylation is 1. The fourth-order valence-electron chi connectivity index (χ4n) is 3.32. The van der Waals surface area contributed by atoms with Gasteiger partial charge in [-0.15, -0.1) is 6.42 Å². The standard InChI is InChI=1S/C23H25NO3S/c1-3-17-24(28(25,26)21-15-13-19(2)14-16-21)22-11-7-8-12-23(22)27-18-20-9-5-4-6-10-20/h1,4-7,9-11,13-16,22-23H,8,12,17-18H2,2H3/t22-,23-/m0/s1. The van der Waals surface area contributed by atoms with Gasteiger partial charge in [-0.05, 0) is 37.5 Å². The molecular weight excluding hydrogens is 370 g/mol. The Kier molecular flexibility index (Phi) is 6.69. The Morgan fingerprint density at radius 1 is 1.14 bits per heavy atom. The monoisotopic (exact) mass is 395 g/mol. The van der Waals surface area contributed by atoms with Crippen molar-refractivity contribution in [3.8, 4) is 12.3 Å². The highest BCUT2D eigenvalue weighted by molar-refractivity contribution is 7.89. The van der Waals surface area contributed by atoms with Gasteiger partial charge in [-0.25, -0.2) is 8.42 Å². The Morgan fingerprint density at radius 3 is 2.54 bits per heavy atom. The second kappa shape index (κ2) is 9.20. The number of sulfonamides is 1. The molecule has 0 bridgehead atoms. The van der Waals surface area contributed by atoms with Gasteiger partial charge in [-0.2, -0.15) is 4.31 Å². The average molecular weight is 396 g/mol. The summed E-state index contributed by atoms with van der Waals surface area (Å²) in [5, 5.41) is 0. The molecule has 0 aromatic heterocycles. The first kappa shape index (κ1) is 20.3. The van der Waals surface area contributed by atoms with Crippen LogP contribution < -0.4 is 0 Å². The van der Waals surface area contributed by atoms with Gasteiger partial charge in [0.2, 0.25) is 10.0 Å². The smallest absolute Gasteiger partial charge is 0.244 e. The number of benzene rings is 2. The highest BCUT2D eigenvalue weighted by Crippen LogP contribution is 2.27. The number of nitrogens with zero attached hydrogens (tertiary/aromatic N) is 1. The van der Waals surface area contributed by atoms with E-state index in [0.717, 1.165) is 24.0 Å². The average Bonchev–Trinajstić information content (AvgIpc) is 2.72. The van der Waals surface area contributed by atoms with Crippen molar-refractivity contribution in [3.63, 3.8) is 0 Å². The fraction of sp³-hybridized carbons (Fsp3) is 0.304. The van der Waals surface area contributed by atoms with Crippen molar-refractivity contribution in [1.29, 1.82) is 0 Å². The maximum absolute atomic E-state index is 13.3. The quantitative estimate of drug-likeness (QED) is 0.527. The second-order valence-corrected chi connectivity index (χ2v) is 8.79. The Hall–Kier alpha value is -2.39. The molecule has 0 saturated carbocycles. The molecule has 0 unspecified atom stereocenters. The van der Waals surface area contributed by atoms with Crippen molar-refractivity contribution in [2.24, 2.45) is 0 Å². The van der Waals surface area contributed by atoms with E-state index in [2.05, 4.69) is 5.92 Å². The fourth-order valence-corrected chi connectivity index (χ4v) is 4.84. The zero-order valence-corrected chi connectivity index (χ0v) is 16.8. The number of rotatable bonds is 7. The van der Waals surface area contributed by atoms with Crippen molar-refractivity contribution < 1.29 is 13.2 Å². The summed E-state index contributed by atoms with van der Waals surface area (Å²) in [5.41, 5.74) is 2.06. The lowest BCUT2D eigenvalue weighted by Crippen LogP contribution is -2.48. The van der Waals surface area contributed by atoms with Gasteiger partial charge in [0, 0.05) is 0 Å². The second-order valence-electron chi connectivity index (χ2n) is 6.90. The molecule has 3 rings (SSSR count). The summed E-state index contributed by atoms with van der Waals surface area (Å²) in [6, 6.07) is 16.3. The molecule has 0 spiro atoms. The van der Waals surface area contributed by atoms with Crippen LogP contribution in [-0.4, -0.2) is 31.4 Å². The van der Waals surface area contributed by atoms with Gasteiger partial charge in [0.05, 0.1) is 30.2 Å². The minimum atomic E-state index is -3.74. The molecule has 2 aromatic rings. The summed E-state index contributed by atoms with van der Waals surface area (Å²) in [5.74, 6) is 2.50. The molecule has 4 nitrogen and oxygen atoms in total. The largest absolute Gasteiger partial charge is 0.372 e. The van der Waals surface area contributed by atoms with Crippen LogP contribution in [-0.2, 0) is 21.4 Å². The summed E-state index contributed by atoms with van der Waals surface area (Å²) >= 11 is 0. The summed E-state index contributed by atoms with van der Waals surface area (Å²) < 4.78 is 34.1. The molecule has 0 N–H and O–H groups in total. The van der Waals surface area contributed by atoms with E-state index in [1.165, 1.54) is 4.31 Å². The zero-order valence-electron chi connectivity index (χ0n) is 16.0. The number of terminal acetylenes is 1. The van der Waals surface area contributed by atoms with E-state index in [-0.39, 0.29) is 17.5 Å². The number of allylic oxidation sites excluding steroid dienone is 1. The third-order valence-electron chi connectivity index (χ3n) is 4.85. The first-order chi connectivity index (χ1) is 13.5. The van der Waals surface area contributed by atoms with Gasteiger partial charge in [-0.3, -0.25) is 0 Å². The minimum Gasteiger partial charge on any atom is -0.372 e. The molecule has 0 radical (unpaired) electrons. The normalized spacial score (nSPS) is 19.5. The van der Waals surface area contributed by atoms with E-state index >= 15 is 0 Å². The lowest BCUT2D eigenvalue weighted by atomic mass is 9.99. The molecule has 0 heterocycles. The van der Waals surface area contributed by atoms with Crippen LogP contribution in [0.3, 0.4) is 0 Å². The van der Waals surface area contributed by atoms with E-state index in [1.54, 1.807) is 24.3 Å². The maximum atomic E-state index is 13.3. The number of hydrogen-bond donors (Lipinski definition) is 0. The predicted molar refractivity (Wildman–Crippen MR) is 111 cm³/mol. The van der Waals surface area contributed by atoms with Gasteiger partial charge in [0.15, 0.2) is 0 Å².